The molecule has 1 heterocycles. The number of aryl methyl sites for hydroxylation is 1. The maximum Gasteiger partial charge on any atom is 0.192 e. The Labute approximate surface area is 145 Å². The zero-order valence-corrected chi connectivity index (χ0v) is 15.3. The van der Waals surface area contributed by atoms with Gasteiger partial charge < -0.3 is 0 Å². The van der Waals surface area contributed by atoms with Gasteiger partial charge in [-0.05, 0) is 62.1 Å². The van der Waals surface area contributed by atoms with Gasteiger partial charge in [-0.25, -0.2) is 0 Å². The van der Waals surface area contributed by atoms with E-state index in [4.69, 9.17) is 0 Å². The van der Waals surface area contributed by atoms with Crippen molar-refractivity contribution in [3.8, 4) is 0 Å². The van der Waals surface area contributed by atoms with Crippen LogP contribution in [0.2, 0.25) is 0 Å². The summed E-state index contributed by atoms with van der Waals surface area (Å²) in [4.78, 5) is 16.4. The second-order valence-corrected chi connectivity index (χ2v) is 7.94. The van der Waals surface area contributed by atoms with E-state index < -0.39 is 0 Å². The molecular weight excluding hydrogens is 302 g/mol. The van der Waals surface area contributed by atoms with Crippen molar-refractivity contribution in [2.45, 2.75) is 71.1 Å². The van der Waals surface area contributed by atoms with Gasteiger partial charge in [-0.3, -0.25) is 9.78 Å². The third kappa shape index (κ3) is 7.07. The van der Waals surface area contributed by atoms with Crippen molar-refractivity contribution < 1.29 is 4.79 Å². The van der Waals surface area contributed by atoms with E-state index in [1.807, 2.05) is 12.4 Å². The number of aromatic nitrogens is 1. The molecule has 1 fully saturated rings. The average Bonchev–Trinajstić information content (AvgIpc) is 2.60. The molecule has 0 unspecified atom stereocenters. The predicted molar refractivity (Wildman–Crippen MR) is 99.6 cm³/mol. The van der Waals surface area contributed by atoms with Crippen molar-refractivity contribution in [1.82, 2.24) is 4.98 Å². The summed E-state index contributed by atoms with van der Waals surface area (Å²) in [5.74, 6) is 2.18. The van der Waals surface area contributed by atoms with Gasteiger partial charge in [0.2, 0.25) is 0 Å². The molecule has 23 heavy (non-hydrogen) atoms. The first-order valence-corrected chi connectivity index (χ1v) is 10.3. The summed E-state index contributed by atoms with van der Waals surface area (Å²) < 4.78 is 0. The monoisotopic (exact) mass is 333 g/mol. The highest BCUT2D eigenvalue weighted by atomic mass is 32.2. The van der Waals surface area contributed by atoms with Gasteiger partial charge in [-0.15, -0.1) is 0 Å². The lowest BCUT2D eigenvalue weighted by Crippen LogP contribution is -2.20. The smallest absolute Gasteiger partial charge is 0.192 e. The van der Waals surface area contributed by atoms with Crippen LogP contribution in [0.4, 0.5) is 0 Å². The number of carbonyl (C=O) groups is 1. The molecule has 0 spiro atoms. The second-order valence-electron chi connectivity index (χ2n) is 6.84. The largest absolute Gasteiger partial charge is 0.287 e. The Balaban J connectivity index is 1.56. The molecule has 0 aliphatic heterocycles. The van der Waals surface area contributed by atoms with Crippen LogP contribution in [0.5, 0.6) is 0 Å². The minimum atomic E-state index is 0.336. The van der Waals surface area contributed by atoms with Crippen LogP contribution in [0.1, 0.15) is 70.3 Å². The van der Waals surface area contributed by atoms with Crippen LogP contribution in [-0.4, -0.2) is 15.9 Å². The van der Waals surface area contributed by atoms with Gasteiger partial charge in [0.15, 0.2) is 5.12 Å². The molecule has 0 radical (unpaired) electrons. The van der Waals surface area contributed by atoms with Crippen molar-refractivity contribution in [2.24, 2.45) is 11.8 Å². The molecule has 1 aliphatic carbocycles. The number of carbonyl (C=O) groups excluding carboxylic acids is 1. The van der Waals surface area contributed by atoms with Crippen LogP contribution in [-0.2, 0) is 11.2 Å². The number of hydrogen-bond donors (Lipinski definition) is 0. The number of pyridine rings is 1. The summed E-state index contributed by atoms with van der Waals surface area (Å²) in [6.45, 7) is 2.27. The van der Waals surface area contributed by atoms with E-state index in [1.54, 1.807) is 11.8 Å². The van der Waals surface area contributed by atoms with Crippen molar-refractivity contribution in [1.29, 1.82) is 0 Å². The van der Waals surface area contributed by atoms with Crippen LogP contribution < -0.4 is 0 Å². The van der Waals surface area contributed by atoms with E-state index in [0.29, 0.717) is 11.0 Å². The van der Waals surface area contributed by atoms with Gasteiger partial charge in [0, 0.05) is 24.1 Å². The van der Waals surface area contributed by atoms with Crippen LogP contribution >= 0.6 is 11.8 Å². The number of rotatable bonds is 9. The summed E-state index contributed by atoms with van der Waals surface area (Å²) in [6.07, 6.45) is 16.1. The topological polar surface area (TPSA) is 30.0 Å². The number of hydrogen-bond acceptors (Lipinski definition) is 3. The Morgan fingerprint density at radius 2 is 1.87 bits per heavy atom. The maximum atomic E-state index is 12.3. The molecule has 1 aliphatic rings. The predicted octanol–water partition coefficient (Wildman–Crippen LogP) is 5.66. The van der Waals surface area contributed by atoms with Gasteiger partial charge in [-0.1, -0.05) is 44.4 Å². The number of thioether (sulfide) groups is 1. The molecule has 0 amide bonds. The lowest BCUT2D eigenvalue weighted by molar-refractivity contribution is -0.115. The fraction of sp³-hybridized carbons (Fsp3) is 0.700. The normalized spacial score (nSPS) is 21.3. The molecule has 3 heteroatoms. The average molecular weight is 334 g/mol. The Bertz CT molecular complexity index is 440. The third-order valence-electron chi connectivity index (χ3n) is 5.00. The van der Waals surface area contributed by atoms with E-state index in [-0.39, 0.29) is 0 Å². The zero-order chi connectivity index (χ0) is 16.3. The number of unbranched alkanes of at least 4 members (excludes halogenated alkanes) is 2. The standard InChI is InChI=1S/C20H31NOS/c1-2-3-4-6-17-8-10-19(11-9-17)20(22)23-16-5-7-18-12-14-21-15-13-18/h12-15,17,19H,2-11,16H2,1H3. The summed E-state index contributed by atoms with van der Waals surface area (Å²) in [6, 6.07) is 4.12. The third-order valence-corrected chi connectivity index (χ3v) is 6.11. The summed E-state index contributed by atoms with van der Waals surface area (Å²) >= 11 is 1.57. The molecule has 1 aromatic rings. The van der Waals surface area contributed by atoms with Crippen molar-refractivity contribution in [3.05, 3.63) is 30.1 Å². The molecule has 0 saturated heterocycles. The highest BCUT2D eigenvalue weighted by molar-refractivity contribution is 8.13. The minimum Gasteiger partial charge on any atom is -0.287 e. The molecule has 0 aromatic carbocycles. The van der Waals surface area contributed by atoms with Gasteiger partial charge in [0.05, 0.1) is 0 Å². The molecule has 0 bridgehead atoms. The van der Waals surface area contributed by atoms with Crippen molar-refractivity contribution in [3.63, 3.8) is 0 Å². The lowest BCUT2D eigenvalue weighted by Gasteiger charge is -2.27. The highest BCUT2D eigenvalue weighted by Crippen LogP contribution is 2.34. The second kappa shape index (κ2) is 10.9. The first kappa shape index (κ1) is 18.5. The molecule has 128 valence electrons. The van der Waals surface area contributed by atoms with E-state index in [1.165, 1.54) is 44.1 Å². The van der Waals surface area contributed by atoms with E-state index in [0.717, 1.165) is 37.4 Å². The van der Waals surface area contributed by atoms with Gasteiger partial charge in [0.25, 0.3) is 0 Å². The summed E-state index contributed by atoms with van der Waals surface area (Å²) in [5, 5.41) is 0.451. The molecule has 1 aromatic heterocycles. The highest BCUT2D eigenvalue weighted by Gasteiger charge is 2.25. The molecule has 2 nitrogen and oxygen atoms in total. The lowest BCUT2D eigenvalue weighted by atomic mass is 9.80. The summed E-state index contributed by atoms with van der Waals surface area (Å²) in [5.41, 5.74) is 1.32. The molecule has 0 atom stereocenters. The number of nitrogens with zero attached hydrogens (tertiary/aromatic N) is 1. The van der Waals surface area contributed by atoms with Crippen LogP contribution in [0.25, 0.3) is 0 Å². The van der Waals surface area contributed by atoms with Crippen molar-refractivity contribution >= 4 is 16.9 Å². The van der Waals surface area contributed by atoms with Crippen molar-refractivity contribution in [2.75, 3.05) is 5.75 Å². The van der Waals surface area contributed by atoms with Gasteiger partial charge >= 0.3 is 0 Å². The Kier molecular flexibility index (Phi) is 8.73. The van der Waals surface area contributed by atoms with Crippen LogP contribution in [0.15, 0.2) is 24.5 Å². The fourth-order valence-corrected chi connectivity index (χ4v) is 4.45. The molecule has 1 saturated carbocycles. The molecule has 0 N–H and O–H groups in total. The quantitative estimate of drug-likeness (QED) is 0.546. The first-order valence-electron chi connectivity index (χ1n) is 9.35. The van der Waals surface area contributed by atoms with E-state index >= 15 is 0 Å². The van der Waals surface area contributed by atoms with E-state index in [2.05, 4.69) is 24.0 Å². The minimum absolute atomic E-state index is 0.336. The van der Waals surface area contributed by atoms with Gasteiger partial charge in [0.1, 0.15) is 0 Å². The zero-order valence-electron chi connectivity index (χ0n) is 14.5. The van der Waals surface area contributed by atoms with Gasteiger partial charge in [-0.2, -0.15) is 0 Å². The molecule has 2 rings (SSSR count). The SMILES string of the molecule is CCCCCC1CCC(C(=O)SCCCc2ccncc2)CC1. The van der Waals surface area contributed by atoms with Crippen LogP contribution in [0, 0.1) is 11.8 Å². The van der Waals surface area contributed by atoms with E-state index in [9.17, 15) is 4.79 Å². The van der Waals surface area contributed by atoms with Crippen LogP contribution in [0.3, 0.4) is 0 Å². The first-order chi connectivity index (χ1) is 11.3. The summed E-state index contributed by atoms with van der Waals surface area (Å²) in [7, 11) is 0. The Morgan fingerprint density at radius 1 is 1.13 bits per heavy atom. The fourth-order valence-electron chi connectivity index (χ4n) is 3.49. The molecular formula is C20H31NOS. The Hall–Kier alpha value is -0.830. The maximum absolute atomic E-state index is 12.3. The Morgan fingerprint density at radius 3 is 2.57 bits per heavy atom.